The zero-order valence-electron chi connectivity index (χ0n) is 15.4. The van der Waals surface area contributed by atoms with Gasteiger partial charge in [0.2, 0.25) is 12.7 Å². The summed E-state index contributed by atoms with van der Waals surface area (Å²) in [5.74, 6) is 1.46. The molecule has 2 saturated carbocycles. The molecule has 0 saturated heterocycles. The molecule has 156 valence electrons. The lowest BCUT2D eigenvalue weighted by Gasteiger charge is -2.43. The second-order valence-corrected chi connectivity index (χ2v) is 7.61. The Kier molecular flexibility index (Phi) is 6.50. The van der Waals surface area contributed by atoms with Gasteiger partial charge in [-0.2, -0.15) is 8.78 Å². The molecule has 2 unspecified atom stereocenters. The number of nitrogens with two attached hydrogens (primary N) is 1. The number of nitrogens with one attached hydrogen (secondary N) is 1. The van der Waals surface area contributed by atoms with Gasteiger partial charge in [0.25, 0.3) is 0 Å². The SMILES string of the molecule is Cl.NC1C2CCCC1CC(C(=O)NCc1cc3c(cc1OC(F)F)OCO3)C2. The molecule has 1 aliphatic heterocycles. The van der Waals surface area contributed by atoms with E-state index in [0.29, 0.717) is 28.9 Å². The van der Waals surface area contributed by atoms with Crippen molar-refractivity contribution in [2.75, 3.05) is 6.79 Å². The Morgan fingerprint density at radius 2 is 1.86 bits per heavy atom. The van der Waals surface area contributed by atoms with Gasteiger partial charge in [0, 0.05) is 30.1 Å². The van der Waals surface area contributed by atoms with E-state index >= 15 is 0 Å². The molecule has 1 heterocycles. The molecule has 3 aliphatic rings. The minimum Gasteiger partial charge on any atom is -0.454 e. The maximum absolute atomic E-state index is 12.7. The average Bonchev–Trinajstić information content (AvgIpc) is 3.06. The number of benzene rings is 1. The number of fused-ring (bicyclic) bond motifs is 3. The van der Waals surface area contributed by atoms with E-state index in [9.17, 15) is 13.6 Å². The molecule has 1 amide bonds. The molecule has 6 nitrogen and oxygen atoms in total. The van der Waals surface area contributed by atoms with Gasteiger partial charge in [-0.3, -0.25) is 4.79 Å². The highest BCUT2D eigenvalue weighted by Crippen LogP contribution is 2.42. The summed E-state index contributed by atoms with van der Waals surface area (Å²) in [6.45, 7) is -2.83. The molecule has 0 radical (unpaired) electrons. The number of ether oxygens (including phenoxy) is 3. The predicted molar refractivity (Wildman–Crippen MR) is 99.8 cm³/mol. The summed E-state index contributed by atoms with van der Waals surface area (Å²) in [5, 5.41) is 2.88. The molecule has 28 heavy (non-hydrogen) atoms. The van der Waals surface area contributed by atoms with Crippen molar-refractivity contribution in [3.63, 3.8) is 0 Å². The number of amides is 1. The van der Waals surface area contributed by atoms with Crippen molar-refractivity contribution in [2.45, 2.75) is 51.3 Å². The zero-order chi connectivity index (χ0) is 19.0. The second-order valence-electron chi connectivity index (χ2n) is 7.61. The van der Waals surface area contributed by atoms with Crippen molar-refractivity contribution in [3.8, 4) is 17.2 Å². The van der Waals surface area contributed by atoms with Crippen LogP contribution in [0.25, 0.3) is 0 Å². The molecule has 9 heteroatoms. The fourth-order valence-electron chi connectivity index (χ4n) is 4.64. The van der Waals surface area contributed by atoms with Crippen LogP contribution in [0, 0.1) is 17.8 Å². The summed E-state index contributed by atoms with van der Waals surface area (Å²) in [5.41, 5.74) is 6.72. The quantitative estimate of drug-likeness (QED) is 0.767. The van der Waals surface area contributed by atoms with Gasteiger partial charge in [-0.15, -0.1) is 12.4 Å². The van der Waals surface area contributed by atoms with Crippen molar-refractivity contribution in [1.82, 2.24) is 5.32 Å². The predicted octanol–water partition coefficient (Wildman–Crippen LogP) is 3.21. The largest absolute Gasteiger partial charge is 0.454 e. The first-order valence-corrected chi connectivity index (χ1v) is 9.42. The van der Waals surface area contributed by atoms with Crippen LogP contribution in [0.3, 0.4) is 0 Å². The number of carbonyl (C=O) groups excluding carboxylic acids is 1. The van der Waals surface area contributed by atoms with E-state index in [1.807, 2.05) is 0 Å². The Morgan fingerprint density at radius 3 is 2.50 bits per heavy atom. The number of rotatable bonds is 5. The minimum absolute atomic E-state index is 0. The zero-order valence-corrected chi connectivity index (χ0v) is 16.2. The van der Waals surface area contributed by atoms with Crippen LogP contribution in [0.15, 0.2) is 12.1 Å². The standard InChI is InChI=1S/C19H24F2N2O4.ClH/c20-19(21)27-14-7-16-15(25-9-26-16)6-13(14)8-23-18(24)12-4-10-2-1-3-11(5-12)17(10)22;/h6-7,10-12,17,19H,1-5,8-9,22H2,(H,23,24);1H. The Morgan fingerprint density at radius 1 is 1.21 bits per heavy atom. The summed E-state index contributed by atoms with van der Waals surface area (Å²) in [6, 6.07) is 3.15. The molecule has 3 N–H and O–H groups in total. The highest BCUT2D eigenvalue weighted by Gasteiger charge is 2.40. The summed E-state index contributed by atoms with van der Waals surface area (Å²) in [4.78, 5) is 12.7. The molecule has 2 bridgehead atoms. The third-order valence-corrected chi connectivity index (χ3v) is 6.01. The fourth-order valence-corrected chi connectivity index (χ4v) is 4.64. The van der Waals surface area contributed by atoms with Gasteiger partial charge in [-0.1, -0.05) is 6.42 Å². The molecule has 2 atom stereocenters. The molecular formula is C19H25ClF2N2O4. The van der Waals surface area contributed by atoms with Crippen molar-refractivity contribution in [2.24, 2.45) is 23.5 Å². The molecule has 1 aromatic rings. The van der Waals surface area contributed by atoms with Crippen molar-refractivity contribution >= 4 is 18.3 Å². The number of alkyl halides is 2. The normalized spacial score (nSPS) is 27.9. The van der Waals surface area contributed by atoms with Crippen LogP contribution in [-0.2, 0) is 11.3 Å². The highest BCUT2D eigenvalue weighted by atomic mass is 35.5. The Hall–Kier alpha value is -1.80. The van der Waals surface area contributed by atoms with Gasteiger partial charge in [-0.25, -0.2) is 0 Å². The number of halogens is 3. The smallest absolute Gasteiger partial charge is 0.387 e. The first kappa shape index (κ1) is 20.9. The molecule has 0 spiro atoms. The Bertz CT molecular complexity index is 707. The second kappa shape index (κ2) is 8.69. The van der Waals surface area contributed by atoms with E-state index in [0.717, 1.165) is 25.7 Å². The lowest BCUT2D eigenvalue weighted by atomic mass is 9.65. The van der Waals surface area contributed by atoms with Gasteiger partial charge in [-0.05, 0) is 43.6 Å². The van der Waals surface area contributed by atoms with Gasteiger partial charge in [0.1, 0.15) is 5.75 Å². The van der Waals surface area contributed by atoms with Crippen LogP contribution in [0.5, 0.6) is 17.2 Å². The van der Waals surface area contributed by atoms with E-state index in [1.54, 1.807) is 6.07 Å². The van der Waals surface area contributed by atoms with E-state index in [4.69, 9.17) is 15.2 Å². The minimum atomic E-state index is -2.96. The van der Waals surface area contributed by atoms with Crippen LogP contribution in [-0.4, -0.2) is 25.4 Å². The molecule has 2 aliphatic carbocycles. The summed E-state index contributed by atoms with van der Waals surface area (Å²) >= 11 is 0. The van der Waals surface area contributed by atoms with Crippen molar-refractivity contribution in [1.29, 1.82) is 0 Å². The van der Waals surface area contributed by atoms with E-state index < -0.39 is 6.61 Å². The highest BCUT2D eigenvalue weighted by molar-refractivity contribution is 5.85. The van der Waals surface area contributed by atoms with E-state index in [1.165, 1.54) is 12.5 Å². The topological polar surface area (TPSA) is 82.8 Å². The van der Waals surface area contributed by atoms with Gasteiger partial charge < -0.3 is 25.3 Å². The molecule has 2 fully saturated rings. The third-order valence-electron chi connectivity index (χ3n) is 6.01. The van der Waals surface area contributed by atoms with Crippen molar-refractivity contribution < 1.29 is 27.8 Å². The number of hydrogen-bond donors (Lipinski definition) is 2. The maximum Gasteiger partial charge on any atom is 0.387 e. The number of carbonyl (C=O) groups is 1. The van der Waals surface area contributed by atoms with Crippen LogP contribution in [0.1, 0.15) is 37.7 Å². The average molecular weight is 419 g/mol. The first-order chi connectivity index (χ1) is 13.0. The molecule has 0 aromatic heterocycles. The molecule has 1 aromatic carbocycles. The lowest BCUT2D eigenvalue weighted by molar-refractivity contribution is -0.128. The Labute approximate surface area is 168 Å². The molecule has 4 rings (SSSR count). The number of hydrogen-bond acceptors (Lipinski definition) is 5. The first-order valence-electron chi connectivity index (χ1n) is 9.42. The Balaban J connectivity index is 0.00000225. The van der Waals surface area contributed by atoms with E-state index in [-0.39, 0.29) is 49.4 Å². The van der Waals surface area contributed by atoms with Crippen molar-refractivity contribution in [3.05, 3.63) is 17.7 Å². The van der Waals surface area contributed by atoms with Gasteiger partial charge in [0.15, 0.2) is 11.5 Å². The summed E-state index contributed by atoms with van der Waals surface area (Å²) in [7, 11) is 0. The molecular weight excluding hydrogens is 394 g/mol. The van der Waals surface area contributed by atoms with Gasteiger partial charge in [0.05, 0.1) is 0 Å². The lowest BCUT2D eigenvalue weighted by Crippen LogP contribution is -2.49. The van der Waals surface area contributed by atoms with Crippen LogP contribution < -0.4 is 25.3 Å². The van der Waals surface area contributed by atoms with Crippen LogP contribution >= 0.6 is 12.4 Å². The maximum atomic E-state index is 12.7. The monoisotopic (exact) mass is 418 g/mol. The summed E-state index contributed by atoms with van der Waals surface area (Å²) in [6.07, 6.45) is 4.94. The van der Waals surface area contributed by atoms with Crippen LogP contribution in [0.2, 0.25) is 0 Å². The van der Waals surface area contributed by atoms with E-state index in [2.05, 4.69) is 10.1 Å². The van der Waals surface area contributed by atoms with Crippen LogP contribution in [0.4, 0.5) is 8.78 Å². The third kappa shape index (κ3) is 4.27. The fraction of sp³-hybridized carbons (Fsp3) is 0.632. The summed E-state index contributed by atoms with van der Waals surface area (Å²) < 4.78 is 40.5. The van der Waals surface area contributed by atoms with Gasteiger partial charge >= 0.3 is 6.61 Å².